The van der Waals surface area contributed by atoms with Gasteiger partial charge in [0.1, 0.15) is 30.2 Å². The van der Waals surface area contributed by atoms with Crippen molar-refractivity contribution in [2.45, 2.75) is 95.0 Å². The van der Waals surface area contributed by atoms with Gasteiger partial charge in [0.2, 0.25) is 35.4 Å². The number of hydrogen-bond donors (Lipinski definition) is 10. The summed E-state index contributed by atoms with van der Waals surface area (Å²) in [6.45, 7) is 3.71. The van der Waals surface area contributed by atoms with Crippen molar-refractivity contribution in [3.05, 3.63) is 36.0 Å². The second-order valence-electron chi connectivity index (χ2n) is 13.5. The van der Waals surface area contributed by atoms with Gasteiger partial charge < -0.3 is 53.9 Å². The van der Waals surface area contributed by atoms with Crippen molar-refractivity contribution in [3.8, 4) is 0 Å². The summed E-state index contributed by atoms with van der Waals surface area (Å²) < 4.78 is 0. The van der Waals surface area contributed by atoms with Gasteiger partial charge in [-0.25, -0.2) is 0 Å². The number of fused-ring (bicyclic) bond motifs is 1. The van der Waals surface area contributed by atoms with Gasteiger partial charge in [0.15, 0.2) is 0 Å². The molecular weight excluding hydrogens is 751 g/mol. The van der Waals surface area contributed by atoms with Crippen molar-refractivity contribution in [1.29, 1.82) is 0 Å². The molecule has 1 heterocycles. The van der Waals surface area contributed by atoms with E-state index in [9.17, 15) is 38.7 Å². The van der Waals surface area contributed by atoms with Gasteiger partial charge >= 0.3 is 5.97 Å². The minimum Gasteiger partial charge on any atom is -0.481 e. The first-order chi connectivity index (χ1) is 26.1. The molecule has 306 valence electrons. The van der Waals surface area contributed by atoms with Crippen LogP contribution in [0.2, 0.25) is 0 Å². The molecule has 55 heavy (non-hydrogen) atoms. The molecule has 0 aliphatic heterocycles. The SMILES string of the molecule is CSCC[C@H](NC(=O)[C@H](CC(=O)O)NC(=O)[C@H](CCCCN)NC(=O)[C@@H](N)Cc1c[nH]c2ccccc12)C(=O)N[C@H](C(=O)N[C@H](CCSC)C(N)=O)C(C)C. The number of aromatic nitrogens is 1. The lowest BCUT2D eigenvalue weighted by atomic mass is 10.0. The number of nitrogens with two attached hydrogens (primary N) is 3. The van der Waals surface area contributed by atoms with Crippen LogP contribution in [0.5, 0.6) is 0 Å². The molecular formula is C36H57N9O8S2. The fraction of sp³-hybridized carbons (Fsp3) is 0.583. The predicted molar refractivity (Wildman–Crippen MR) is 215 cm³/mol. The number of carboxylic acid groups (broad SMARTS) is 1. The number of primary amides is 1. The highest BCUT2D eigenvalue weighted by Crippen LogP contribution is 2.19. The van der Waals surface area contributed by atoms with Gasteiger partial charge in [-0.3, -0.25) is 33.6 Å². The molecule has 0 unspecified atom stereocenters. The molecule has 0 aliphatic rings. The molecule has 6 amide bonds. The lowest BCUT2D eigenvalue weighted by Crippen LogP contribution is -2.60. The number of carbonyl (C=O) groups is 7. The van der Waals surface area contributed by atoms with Gasteiger partial charge in [-0.15, -0.1) is 0 Å². The molecule has 1 aromatic carbocycles. The first-order valence-electron chi connectivity index (χ1n) is 18.1. The molecule has 0 aliphatic carbocycles. The van der Waals surface area contributed by atoms with E-state index >= 15 is 0 Å². The predicted octanol–water partition coefficient (Wildman–Crippen LogP) is -0.287. The van der Waals surface area contributed by atoms with E-state index < -0.39 is 90.0 Å². The van der Waals surface area contributed by atoms with Crippen LogP contribution >= 0.6 is 23.5 Å². The van der Waals surface area contributed by atoms with E-state index in [1.54, 1.807) is 26.3 Å². The number of H-pyrrole nitrogens is 1. The second-order valence-corrected chi connectivity index (χ2v) is 15.5. The average molecular weight is 808 g/mol. The fourth-order valence-electron chi connectivity index (χ4n) is 5.68. The zero-order chi connectivity index (χ0) is 41.1. The number of rotatable bonds is 26. The average Bonchev–Trinajstić information content (AvgIpc) is 3.54. The number of para-hydroxylation sites is 1. The third kappa shape index (κ3) is 15.7. The largest absolute Gasteiger partial charge is 0.481 e. The van der Waals surface area contributed by atoms with Gasteiger partial charge in [0.05, 0.1) is 12.5 Å². The van der Waals surface area contributed by atoms with Crippen LogP contribution in [0.15, 0.2) is 30.5 Å². The zero-order valence-corrected chi connectivity index (χ0v) is 33.5. The summed E-state index contributed by atoms with van der Waals surface area (Å²) in [7, 11) is 0. The van der Waals surface area contributed by atoms with E-state index in [1.807, 2.05) is 30.5 Å². The quantitative estimate of drug-likeness (QED) is 0.0549. The third-order valence-electron chi connectivity index (χ3n) is 8.80. The molecule has 13 N–H and O–H groups in total. The summed E-state index contributed by atoms with van der Waals surface area (Å²) >= 11 is 2.86. The molecule has 2 aromatic rings. The van der Waals surface area contributed by atoms with E-state index in [1.165, 1.54) is 23.5 Å². The molecule has 0 fully saturated rings. The lowest BCUT2D eigenvalue weighted by molar-refractivity contribution is -0.141. The van der Waals surface area contributed by atoms with Crippen LogP contribution in [0.4, 0.5) is 0 Å². The number of amides is 6. The Bertz CT molecular complexity index is 1610. The molecule has 0 saturated carbocycles. The van der Waals surface area contributed by atoms with Crippen molar-refractivity contribution in [2.24, 2.45) is 23.1 Å². The van der Waals surface area contributed by atoms with Gasteiger partial charge in [-0.1, -0.05) is 32.0 Å². The van der Waals surface area contributed by atoms with Crippen LogP contribution in [-0.2, 0) is 40.0 Å². The molecule has 1 aromatic heterocycles. The number of unbranched alkanes of at least 4 members (excludes halogenated alkanes) is 1. The molecule has 19 heteroatoms. The molecule has 0 spiro atoms. The molecule has 0 radical (unpaired) electrons. The highest BCUT2D eigenvalue weighted by Gasteiger charge is 2.34. The zero-order valence-electron chi connectivity index (χ0n) is 31.9. The standard InChI is InChI=1S/C36H57N9O8S2/c1-20(2)30(36(53)41-25(31(39)48)12-15-54-3)45-34(51)27(13-16-55-4)43-35(52)28(18-29(46)47)44-33(50)26(11-7-8-14-37)42-32(49)23(38)17-21-19-40-24-10-6-5-9-22(21)24/h5-6,9-10,19-20,23,25-28,30,40H,7-8,11-18,37-38H2,1-4H3,(H2,39,48)(H,41,53)(H,42,49)(H,43,52)(H,44,50)(H,45,51)(H,46,47)/t23-,25+,26-,27-,28-,30-/m0/s1. The Morgan fingerprint density at radius 2 is 1.29 bits per heavy atom. The van der Waals surface area contributed by atoms with Gasteiger partial charge in [-0.2, -0.15) is 23.5 Å². The molecule has 0 saturated heterocycles. The number of carbonyl (C=O) groups excluding carboxylic acids is 6. The van der Waals surface area contributed by atoms with E-state index in [-0.39, 0.29) is 19.3 Å². The maximum absolute atomic E-state index is 13.6. The molecule has 17 nitrogen and oxygen atoms in total. The Balaban J connectivity index is 2.23. The van der Waals surface area contributed by atoms with Crippen LogP contribution in [0, 0.1) is 5.92 Å². The van der Waals surface area contributed by atoms with Crippen molar-refractivity contribution in [1.82, 2.24) is 31.6 Å². The van der Waals surface area contributed by atoms with Gasteiger partial charge in [0, 0.05) is 17.1 Å². The fourth-order valence-corrected chi connectivity index (χ4v) is 6.62. The number of aliphatic carboxylic acids is 1. The number of benzene rings is 1. The topological polar surface area (TPSA) is 294 Å². The summed E-state index contributed by atoms with van der Waals surface area (Å²) in [5.74, 6) is -5.37. The smallest absolute Gasteiger partial charge is 0.305 e. The normalized spacial score (nSPS) is 14.5. The monoisotopic (exact) mass is 807 g/mol. The number of hydrogen-bond acceptors (Lipinski definition) is 11. The van der Waals surface area contributed by atoms with Crippen LogP contribution in [0.1, 0.15) is 57.9 Å². The van der Waals surface area contributed by atoms with Crippen LogP contribution in [0.3, 0.4) is 0 Å². The third-order valence-corrected chi connectivity index (χ3v) is 10.1. The Kier molecular flexibility index (Phi) is 20.6. The van der Waals surface area contributed by atoms with Gasteiger partial charge in [0.25, 0.3) is 0 Å². The van der Waals surface area contributed by atoms with Crippen molar-refractivity contribution >= 4 is 75.8 Å². The second kappa shape index (κ2) is 24.2. The summed E-state index contributed by atoms with van der Waals surface area (Å²) in [5.41, 5.74) is 19.1. The maximum Gasteiger partial charge on any atom is 0.305 e. The van der Waals surface area contributed by atoms with Crippen molar-refractivity contribution in [3.63, 3.8) is 0 Å². The Labute approximate surface area is 329 Å². The first kappa shape index (κ1) is 46.8. The number of nitrogens with one attached hydrogen (secondary N) is 6. The molecule has 2 rings (SSSR count). The van der Waals surface area contributed by atoms with Crippen LogP contribution in [-0.4, -0.2) is 118 Å². The summed E-state index contributed by atoms with van der Waals surface area (Å²) in [4.78, 5) is 94.3. The Hall–Kier alpha value is -4.33. The van der Waals surface area contributed by atoms with Crippen LogP contribution < -0.4 is 43.8 Å². The van der Waals surface area contributed by atoms with E-state index in [0.717, 1.165) is 16.5 Å². The Morgan fingerprint density at radius 3 is 1.89 bits per heavy atom. The minimum absolute atomic E-state index is 0.0998. The van der Waals surface area contributed by atoms with Crippen molar-refractivity contribution < 1.29 is 38.7 Å². The summed E-state index contributed by atoms with van der Waals surface area (Å²) in [5, 5.41) is 23.5. The lowest BCUT2D eigenvalue weighted by Gasteiger charge is -2.28. The number of carboxylic acids is 1. The number of aromatic amines is 1. The van der Waals surface area contributed by atoms with E-state index in [2.05, 4.69) is 31.6 Å². The summed E-state index contributed by atoms with van der Waals surface area (Å²) in [6, 6.07) is 0.380. The highest BCUT2D eigenvalue weighted by atomic mass is 32.2. The minimum atomic E-state index is -1.64. The molecule has 0 bridgehead atoms. The van der Waals surface area contributed by atoms with E-state index in [4.69, 9.17) is 17.2 Å². The maximum atomic E-state index is 13.6. The van der Waals surface area contributed by atoms with E-state index in [0.29, 0.717) is 37.3 Å². The molecule has 6 atom stereocenters. The highest BCUT2D eigenvalue weighted by molar-refractivity contribution is 7.98. The van der Waals surface area contributed by atoms with Crippen LogP contribution in [0.25, 0.3) is 10.9 Å². The summed E-state index contributed by atoms with van der Waals surface area (Å²) in [6.07, 6.45) is 6.21. The van der Waals surface area contributed by atoms with Gasteiger partial charge in [-0.05, 0) is 86.6 Å². The number of thioether (sulfide) groups is 2. The van der Waals surface area contributed by atoms with Crippen molar-refractivity contribution in [2.75, 3.05) is 30.6 Å². The Morgan fingerprint density at radius 1 is 0.745 bits per heavy atom. The first-order valence-corrected chi connectivity index (χ1v) is 20.9.